The molecule has 1 N–H and O–H groups in total. The lowest BCUT2D eigenvalue weighted by Gasteiger charge is -2.16. The molecule has 13 heavy (non-hydrogen) atoms. The maximum absolute atomic E-state index is 10.6. The van der Waals surface area contributed by atoms with Crippen molar-refractivity contribution < 1.29 is 4.79 Å². The fourth-order valence-electron chi connectivity index (χ4n) is 1.29. The van der Waals surface area contributed by atoms with Crippen LogP contribution in [0.25, 0.3) is 0 Å². The second-order valence-electron chi connectivity index (χ2n) is 2.74. The lowest BCUT2D eigenvalue weighted by Crippen LogP contribution is -2.10. The van der Waals surface area contributed by atoms with Crippen molar-refractivity contribution >= 4 is 29.9 Å². The van der Waals surface area contributed by atoms with E-state index >= 15 is 0 Å². The zero-order valence-electron chi connectivity index (χ0n) is 6.70. The van der Waals surface area contributed by atoms with Crippen molar-refractivity contribution in [3.63, 3.8) is 0 Å². The maximum atomic E-state index is 10.6. The first-order valence-electron chi connectivity index (χ1n) is 3.84. The molecule has 1 aliphatic heterocycles. The zero-order valence-corrected chi connectivity index (χ0v) is 7.45. The van der Waals surface area contributed by atoms with Crippen LogP contribution in [0.2, 0.25) is 5.02 Å². The molecule has 0 aliphatic carbocycles. The highest BCUT2D eigenvalue weighted by atomic mass is 35.5. The minimum absolute atomic E-state index is 0.421. The SMILES string of the molecule is O=CC1N=CNc2ccc(Cl)cc21. The number of benzene rings is 1. The number of anilines is 1. The molecule has 0 saturated carbocycles. The van der Waals surface area contributed by atoms with Crippen molar-refractivity contribution in [2.45, 2.75) is 6.04 Å². The van der Waals surface area contributed by atoms with Crippen LogP contribution in [0.3, 0.4) is 0 Å². The van der Waals surface area contributed by atoms with Crippen LogP contribution in [-0.2, 0) is 4.79 Å². The highest BCUT2D eigenvalue weighted by molar-refractivity contribution is 6.30. The summed E-state index contributed by atoms with van der Waals surface area (Å²) >= 11 is 5.80. The quantitative estimate of drug-likeness (QED) is 0.695. The van der Waals surface area contributed by atoms with E-state index in [2.05, 4.69) is 10.3 Å². The average molecular weight is 195 g/mol. The van der Waals surface area contributed by atoms with Crippen LogP contribution >= 0.6 is 11.6 Å². The third kappa shape index (κ3) is 1.42. The molecule has 0 bridgehead atoms. The molecular formula is C9H7ClN2O. The molecule has 2 rings (SSSR count). The summed E-state index contributed by atoms with van der Waals surface area (Å²) in [5, 5.41) is 3.56. The van der Waals surface area contributed by atoms with Gasteiger partial charge in [-0.25, -0.2) is 0 Å². The molecule has 0 amide bonds. The van der Waals surface area contributed by atoms with Crippen molar-refractivity contribution in [3.8, 4) is 0 Å². The topological polar surface area (TPSA) is 41.5 Å². The summed E-state index contributed by atoms with van der Waals surface area (Å²) in [5.74, 6) is 0. The summed E-state index contributed by atoms with van der Waals surface area (Å²) < 4.78 is 0. The molecule has 1 aliphatic rings. The van der Waals surface area contributed by atoms with Gasteiger partial charge in [-0.1, -0.05) is 11.6 Å². The summed E-state index contributed by atoms with van der Waals surface area (Å²) in [4.78, 5) is 14.6. The fourth-order valence-corrected chi connectivity index (χ4v) is 1.47. The van der Waals surface area contributed by atoms with E-state index in [0.29, 0.717) is 5.02 Å². The van der Waals surface area contributed by atoms with Crippen LogP contribution in [0.5, 0.6) is 0 Å². The molecule has 0 spiro atoms. The standard InChI is InChI=1S/C9H7ClN2O/c10-6-1-2-8-7(3-6)9(4-13)12-5-11-8/h1-5,9H,(H,11,12). The summed E-state index contributed by atoms with van der Waals surface area (Å²) in [6, 6.07) is 4.93. The zero-order chi connectivity index (χ0) is 9.26. The van der Waals surface area contributed by atoms with Gasteiger partial charge in [0, 0.05) is 16.3 Å². The number of hydrogen-bond donors (Lipinski definition) is 1. The van der Waals surface area contributed by atoms with Crippen LogP contribution in [0.4, 0.5) is 5.69 Å². The van der Waals surface area contributed by atoms with Gasteiger partial charge in [-0.15, -0.1) is 0 Å². The predicted octanol–water partition coefficient (Wildman–Crippen LogP) is 2.03. The highest BCUT2D eigenvalue weighted by Gasteiger charge is 2.16. The van der Waals surface area contributed by atoms with Gasteiger partial charge in [0.2, 0.25) is 0 Å². The molecule has 0 radical (unpaired) electrons. The van der Waals surface area contributed by atoms with Crippen LogP contribution in [-0.4, -0.2) is 12.6 Å². The summed E-state index contributed by atoms with van der Waals surface area (Å²) in [6.07, 6.45) is 2.32. The molecule has 0 fully saturated rings. The van der Waals surface area contributed by atoms with Gasteiger partial charge in [0.15, 0.2) is 0 Å². The van der Waals surface area contributed by atoms with Crippen LogP contribution in [0.15, 0.2) is 23.2 Å². The van der Waals surface area contributed by atoms with Gasteiger partial charge < -0.3 is 10.1 Å². The van der Waals surface area contributed by atoms with E-state index in [-0.39, 0.29) is 0 Å². The Hall–Kier alpha value is -1.35. The third-order valence-corrected chi connectivity index (χ3v) is 2.15. The Balaban J connectivity index is 2.52. The number of nitrogens with zero attached hydrogens (tertiary/aromatic N) is 1. The molecule has 0 aromatic heterocycles. The van der Waals surface area contributed by atoms with E-state index in [0.717, 1.165) is 17.5 Å². The Morgan fingerprint density at radius 3 is 3.15 bits per heavy atom. The second kappa shape index (κ2) is 3.18. The van der Waals surface area contributed by atoms with Gasteiger partial charge >= 0.3 is 0 Å². The highest BCUT2D eigenvalue weighted by Crippen LogP contribution is 2.29. The number of carbonyl (C=O) groups excluding carboxylic acids is 1. The van der Waals surface area contributed by atoms with Crippen LogP contribution < -0.4 is 5.32 Å². The molecule has 4 heteroatoms. The van der Waals surface area contributed by atoms with E-state index in [1.165, 1.54) is 6.34 Å². The molecule has 0 saturated heterocycles. The van der Waals surface area contributed by atoms with Gasteiger partial charge in [0.25, 0.3) is 0 Å². The first-order valence-corrected chi connectivity index (χ1v) is 4.22. The minimum atomic E-state index is -0.421. The smallest absolute Gasteiger partial charge is 0.149 e. The van der Waals surface area contributed by atoms with Gasteiger partial charge in [0.05, 0.1) is 6.34 Å². The average Bonchev–Trinajstić information content (AvgIpc) is 2.17. The monoisotopic (exact) mass is 194 g/mol. The number of fused-ring (bicyclic) bond motifs is 1. The number of carbonyl (C=O) groups is 1. The van der Waals surface area contributed by atoms with E-state index in [9.17, 15) is 4.79 Å². The number of nitrogens with one attached hydrogen (secondary N) is 1. The van der Waals surface area contributed by atoms with Crippen LogP contribution in [0.1, 0.15) is 11.6 Å². The summed E-state index contributed by atoms with van der Waals surface area (Å²) in [6.45, 7) is 0. The van der Waals surface area contributed by atoms with Crippen molar-refractivity contribution in [1.29, 1.82) is 0 Å². The maximum Gasteiger partial charge on any atom is 0.149 e. The number of hydrogen-bond acceptors (Lipinski definition) is 3. The largest absolute Gasteiger partial charge is 0.346 e. The molecule has 3 nitrogen and oxygen atoms in total. The van der Waals surface area contributed by atoms with E-state index in [1.54, 1.807) is 12.1 Å². The summed E-state index contributed by atoms with van der Waals surface area (Å²) in [5.41, 5.74) is 1.71. The lowest BCUT2D eigenvalue weighted by molar-refractivity contribution is -0.108. The third-order valence-electron chi connectivity index (χ3n) is 1.92. The van der Waals surface area contributed by atoms with Gasteiger partial charge in [-0.3, -0.25) is 4.99 Å². The van der Waals surface area contributed by atoms with Crippen molar-refractivity contribution in [2.75, 3.05) is 5.32 Å². The molecule has 1 atom stereocenters. The molecule has 1 heterocycles. The molecular weight excluding hydrogens is 188 g/mol. The lowest BCUT2D eigenvalue weighted by atomic mass is 10.1. The predicted molar refractivity (Wildman–Crippen MR) is 52.4 cm³/mol. The normalized spacial score (nSPS) is 19.0. The Bertz CT molecular complexity index is 376. The number of rotatable bonds is 1. The Kier molecular flexibility index (Phi) is 2.02. The Morgan fingerprint density at radius 1 is 1.54 bits per heavy atom. The van der Waals surface area contributed by atoms with Gasteiger partial charge in [0.1, 0.15) is 12.3 Å². The van der Waals surface area contributed by atoms with Gasteiger partial charge in [-0.05, 0) is 18.2 Å². The van der Waals surface area contributed by atoms with E-state index in [4.69, 9.17) is 11.6 Å². The summed E-state index contributed by atoms with van der Waals surface area (Å²) in [7, 11) is 0. The van der Waals surface area contributed by atoms with Gasteiger partial charge in [-0.2, -0.15) is 0 Å². The van der Waals surface area contributed by atoms with Crippen LogP contribution in [0, 0.1) is 0 Å². The first kappa shape index (κ1) is 8.26. The van der Waals surface area contributed by atoms with Crippen molar-refractivity contribution in [1.82, 2.24) is 0 Å². The van der Waals surface area contributed by atoms with Crippen molar-refractivity contribution in [2.24, 2.45) is 4.99 Å². The second-order valence-corrected chi connectivity index (χ2v) is 3.17. The van der Waals surface area contributed by atoms with Crippen molar-refractivity contribution in [3.05, 3.63) is 28.8 Å². The number of aldehydes is 1. The molecule has 1 aromatic rings. The molecule has 66 valence electrons. The number of aliphatic imine (C=N–C) groups is 1. The molecule has 1 aromatic carbocycles. The molecule has 1 unspecified atom stereocenters. The van der Waals surface area contributed by atoms with E-state index < -0.39 is 6.04 Å². The Labute approximate surface area is 80.4 Å². The van der Waals surface area contributed by atoms with E-state index in [1.807, 2.05) is 6.07 Å². The fraction of sp³-hybridized carbons (Fsp3) is 0.111. The Morgan fingerprint density at radius 2 is 2.38 bits per heavy atom. The first-order chi connectivity index (χ1) is 6.31. The minimum Gasteiger partial charge on any atom is -0.346 e. The number of halogens is 1.